The highest BCUT2D eigenvalue weighted by Crippen LogP contribution is 2.34. The molecule has 29 heavy (non-hydrogen) atoms. The molecule has 9 heteroatoms. The third-order valence-electron chi connectivity index (χ3n) is 4.88. The zero-order valence-corrected chi connectivity index (χ0v) is 17.0. The van der Waals surface area contributed by atoms with Gasteiger partial charge in [-0.3, -0.25) is 4.79 Å². The molecule has 0 N–H and O–H groups in total. The molecule has 0 bridgehead atoms. The van der Waals surface area contributed by atoms with Crippen LogP contribution in [0.2, 0.25) is 10.0 Å². The number of halogens is 3. The van der Waals surface area contributed by atoms with Gasteiger partial charge in [-0.2, -0.15) is 0 Å². The van der Waals surface area contributed by atoms with Crippen LogP contribution < -0.4 is 4.90 Å². The van der Waals surface area contributed by atoms with Gasteiger partial charge in [-0.25, -0.2) is 9.37 Å². The van der Waals surface area contributed by atoms with Gasteiger partial charge >= 0.3 is 0 Å². The van der Waals surface area contributed by atoms with E-state index in [0.29, 0.717) is 37.0 Å². The third kappa shape index (κ3) is 3.80. The molecule has 1 aliphatic heterocycles. The van der Waals surface area contributed by atoms with E-state index in [4.69, 9.17) is 27.7 Å². The van der Waals surface area contributed by atoms with E-state index >= 15 is 0 Å². The Kier molecular flexibility index (Phi) is 5.43. The number of hydrogen-bond acceptors (Lipinski definition) is 5. The van der Waals surface area contributed by atoms with Gasteiger partial charge < -0.3 is 14.3 Å². The van der Waals surface area contributed by atoms with Crippen molar-refractivity contribution in [1.29, 1.82) is 0 Å². The SMILES string of the molecule is Cc1onc(-c2c(F)cccc2Cl)c1C(=O)N1CCN(c2ccc(Cl)cn2)CC1. The van der Waals surface area contributed by atoms with E-state index in [1.807, 2.05) is 6.07 Å². The Balaban J connectivity index is 1.56. The van der Waals surface area contributed by atoms with E-state index in [2.05, 4.69) is 15.0 Å². The number of aromatic nitrogens is 2. The lowest BCUT2D eigenvalue weighted by Gasteiger charge is -2.35. The van der Waals surface area contributed by atoms with Gasteiger partial charge in [-0.05, 0) is 31.2 Å². The zero-order chi connectivity index (χ0) is 20.5. The van der Waals surface area contributed by atoms with E-state index in [1.54, 1.807) is 30.2 Å². The van der Waals surface area contributed by atoms with E-state index in [0.717, 1.165) is 5.82 Å². The Morgan fingerprint density at radius 1 is 1.14 bits per heavy atom. The standard InChI is InChI=1S/C20H17Cl2FN4O2/c1-12-17(19(25-29-12)18-14(22)3-2-4-15(18)23)20(28)27-9-7-26(8-10-27)16-6-5-13(21)11-24-16/h2-6,11H,7-10H2,1H3. The van der Waals surface area contributed by atoms with Crippen molar-refractivity contribution in [2.45, 2.75) is 6.92 Å². The van der Waals surface area contributed by atoms with Crippen molar-refractivity contribution in [3.8, 4) is 11.3 Å². The maximum Gasteiger partial charge on any atom is 0.259 e. The molecule has 6 nitrogen and oxygen atoms in total. The number of carbonyl (C=O) groups is 1. The number of hydrogen-bond donors (Lipinski definition) is 0. The molecular formula is C20H17Cl2FN4O2. The van der Waals surface area contributed by atoms with Crippen LogP contribution in [0, 0.1) is 12.7 Å². The minimum absolute atomic E-state index is 0.0679. The smallest absolute Gasteiger partial charge is 0.259 e. The molecule has 1 fully saturated rings. The number of aryl methyl sites for hydroxylation is 1. The van der Waals surface area contributed by atoms with Crippen LogP contribution in [-0.2, 0) is 0 Å². The average Bonchev–Trinajstić information content (AvgIpc) is 3.09. The molecule has 0 unspecified atom stereocenters. The van der Waals surface area contributed by atoms with Crippen molar-refractivity contribution in [2.75, 3.05) is 31.1 Å². The van der Waals surface area contributed by atoms with Crippen molar-refractivity contribution < 1.29 is 13.7 Å². The molecule has 1 aliphatic rings. The number of nitrogens with zero attached hydrogens (tertiary/aromatic N) is 4. The van der Waals surface area contributed by atoms with Gasteiger partial charge in [0.2, 0.25) is 0 Å². The molecular weight excluding hydrogens is 418 g/mol. The van der Waals surface area contributed by atoms with Crippen LogP contribution in [0.25, 0.3) is 11.3 Å². The number of piperazine rings is 1. The lowest BCUT2D eigenvalue weighted by atomic mass is 10.0. The summed E-state index contributed by atoms with van der Waals surface area (Å²) < 4.78 is 19.6. The van der Waals surface area contributed by atoms with E-state index in [-0.39, 0.29) is 27.8 Å². The second-order valence-electron chi connectivity index (χ2n) is 6.67. The van der Waals surface area contributed by atoms with Gasteiger partial charge in [0.15, 0.2) is 0 Å². The minimum atomic E-state index is -0.557. The van der Waals surface area contributed by atoms with Crippen LogP contribution in [-0.4, -0.2) is 47.1 Å². The van der Waals surface area contributed by atoms with Crippen LogP contribution in [0.4, 0.5) is 10.2 Å². The molecule has 0 aliphatic carbocycles. The average molecular weight is 435 g/mol. The van der Waals surface area contributed by atoms with Crippen LogP contribution in [0.3, 0.4) is 0 Å². The second kappa shape index (κ2) is 8.00. The quantitative estimate of drug-likeness (QED) is 0.608. The fraction of sp³-hybridized carbons (Fsp3) is 0.250. The van der Waals surface area contributed by atoms with Gasteiger partial charge in [0, 0.05) is 32.4 Å². The molecule has 3 heterocycles. The largest absolute Gasteiger partial charge is 0.360 e. The molecule has 4 rings (SSSR count). The first-order valence-corrected chi connectivity index (χ1v) is 9.77. The summed E-state index contributed by atoms with van der Waals surface area (Å²) in [5.74, 6) is 0.313. The topological polar surface area (TPSA) is 62.5 Å². The van der Waals surface area contributed by atoms with Crippen molar-refractivity contribution in [2.24, 2.45) is 0 Å². The predicted octanol–water partition coefficient (Wildman–Crippen LogP) is 4.45. The predicted molar refractivity (Wildman–Crippen MR) is 109 cm³/mol. The Labute approximate surface area is 176 Å². The summed E-state index contributed by atoms with van der Waals surface area (Å²) in [5, 5.41) is 4.66. The molecule has 0 spiro atoms. The summed E-state index contributed by atoms with van der Waals surface area (Å²) in [4.78, 5) is 21.3. The number of carbonyl (C=O) groups excluding carboxylic acids is 1. The summed E-state index contributed by atoms with van der Waals surface area (Å²) in [6, 6.07) is 7.96. The number of benzene rings is 1. The fourth-order valence-corrected chi connectivity index (χ4v) is 3.73. The maximum absolute atomic E-state index is 14.4. The Bertz CT molecular complexity index is 1030. The third-order valence-corrected chi connectivity index (χ3v) is 5.42. The van der Waals surface area contributed by atoms with Crippen molar-refractivity contribution in [3.05, 3.63) is 63.7 Å². The van der Waals surface area contributed by atoms with Crippen LogP contribution >= 0.6 is 23.2 Å². The second-order valence-corrected chi connectivity index (χ2v) is 7.52. The van der Waals surface area contributed by atoms with Crippen molar-refractivity contribution in [1.82, 2.24) is 15.0 Å². The van der Waals surface area contributed by atoms with E-state index in [9.17, 15) is 9.18 Å². The summed E-state index contributed by atoms with van der Waals surface area (Å²) in [5.41, 5.74) is 0.422. The first-order valence-electron chi connectivity index (χ1n) is 9.02. The molecule has 0 saturated carbocycles. The lowest BCUT2D eigenvalue weighted by molar-refractivity contribution is 0.0745. The van der Waals surface area contributed by atoms with Gasteiger partial charge in [0.25, 0.3) is 5.91 Å². The fourth-order valence-electron chi connectivity index (χ4n) is 3.37. The highest BCUT2D eigenvalue weighted by molar-refractivity contribution is 6.33. The van der Waals surface area contributed by atoms with Gasteiger partial charge in [0.1, 0.15) is 28.7 Å². The Hall–Kier alpha value is -2.64. The monoisotopic (exact) mass is 434 g/mol. The number of rotatable bonds is 3. The number of anilines is 1. The maximum atomic E-state index is 14.4. The minimum Gasteiger partial charge on any atom is -0.360 e. The molecule has 1 aromatic carbocycles. The van der Waals surface area contributed by atoms with Gasteiger partial charge in [-0.15, -0.1) is 0 Å². The normalized spacial score (nSPS) is 14.3. The van der Waals surface area contributed by atoms with Crippen LogP contribution in [0.5, 0.6) is 0 Å². The highest BCUT2D eigenvalue weighted by Gasteiger charge is 2.30. The number of amides is 1. The van der Waals surface area contributed by atoms with Crippen LogP contribution in [0.1, 0.15) is 16.1 Å². The van der Waals surface area contributed by atoms with Crippen molar-refractivity contribution in [3.63, 3.8) is 0 Å². The first kappa shape index (κ1) is 19.7. The van der Waals surface area contributed by atoms with Crippen molar-refractivity contribution >= 4 is 34.9 Å². The van der Waals surface area contributed by atoms with E-state index in [1.165, 1.54) is 12.1 Å². The van der Waals surface area contributed by atoms with Gasteiger partial charge in [-0.1, -0.05) is 34.4 Å². The molecule has 1 amide bonds. The molecule has 0 radical (unpaired) electrons. The number of pyridine rings is 1. The van der Waals surface area contributed by atoms with E-state index < -0.39 is 5.82 Å². The summed E-state index contributed by atoms with van der Waals surface area (Å²) in [6.45, 7) is 3.82. The zero-order valence-electron chi connectivity index (χ0n) is 15.5. The van der Waals surface area contributed by atoms with Crippen LogP contribution in [0.15, 0.2) is 41.1 Å². The molecule has 150 valence electrons. The first-order chi connectivity index (χ1) is 14.0. The Morgan fingerprint density at radius 3 is 2.55 bits per heavy atom. The molecule has 0 atom stereocenters. The summed E-state index contributed by atoms with van der Waals surface area (Å²) in [6.07, 6.45) is 1.60. The van der Waals surface area contributed by atoms with Gasteiger partial charge in [0.05, 0.1) is 15.6 Å². The summed E-state index contributed by atoms with van der Waals surface area (Å²) in [7, 11) is 0. The summed E-state index contributed by atoms with van der Waals surface area (Å²) >= 11 is 12.1. The molecule has 1 saturated heterocycles. The Morgan fingerprint density at radius 2 is 1.90 bits per heavy atom. The highest BCUT2D eigenvalue weighted by atomic mass is 35.5. The lowest BCUT2D eigenvalue weighted by Crippen LogP contribution is -2.49. The molecule has 3 aromatic rings. The molecule has 2 aromatic heterocycles.